The molecule has 1 aliphatic heterocycles. The summed E-state index contributed by atoms with van der Waals surface area (Å²) < 4.78 is 5.43. The third kappa shape index (κ3) is 5.33. The molecule has 7 heteroatoms. The second-order valence-corrected chi connectivity index (χ2v) is 6.86. The molecule has 0 radical (unpaired) electrons. The smallest absolute Gasteiger partial charge is 0.410 e. The maximum atomic E-state index is 12.1. The number of amides is 1. The van der Waals surface area contributed by atoms with Crippen molar-refractivity contribution in [1.82, 2.24) is 14.9 Å². The number of piperidine rings is 1. The van der Waals surface area contributed by atoms with Gasteiger partial charge in [-0.3, -0.25) is 0 Å². The van der Waals surface area contributed by atoms with Gasteiger partial charge in [-0.2, -0.15) is 0 Å². The predicted octanol–water partition coefficient (Wildman–Crippen LogP) is 3.19. The van der Waals surface area contributed by atoms with Gasteiger partial charge in [-0.05, 0) is 57.2 Å². The van der Waals surface area contributed by atoms with Gasteiger partial charge >= 0.3 is 6.09 Å². The number of nitrogens with one attached hydrogen (secondary N) is 1. The number of likely N-dealkylation sites (tertiary alicyclic amines) is 1. The van der Waals surface area contributed by atoms with E-state index in [0.717, 1.165) is 25.9 Å². The fraction of sp³-hybridized carbons (Fsp3) is 0.667. The largest absolute Gasteiger partial charge is 0.444 e. The minimum absolute atomic E-state index is 0.226. The van der Waals surface area contributed by atoms with Crippen LogP contribution in [0, 0.1) is 5.92 Å². The fourth-order valence-electron chi connectivity index (χ4n) is 2.41. The zero-order chi connectivity index (χ0) is 16.2. The molecule has 0 saturated carbocycles. The van der Waals surface area contributed by atoms with Gasteiger partial charge in [-0.25, -0.2) is 14.8 Å². The molecule has 1 saturated heterocycles. The molecule has 122 valence electrons. The molecule has 2 rings (SSSR count). The quantitative estimate of drug-likeness (QED) is 0.864. The Bertz CT molecular complexity index is 519. The lowest BCUT2D eigenvalue weighted by atomic mass is 9.98. The lowest BCUT2D eigenvalue weighted by Crippen LogP contribution is -2.44. The zero-order valence-electron chi connectivity index (χ0n) is 13.3. The highest BCUT2D eigenvalue weighted by Crippen LogP contribution is 2.20. The highest BCUT2D eigenvalue weighted by Gasteiger charge is 2.27. The zero-order valence-corrected chi connectivity index (χ0v) is 14.1. The minimum atomic E-state index is -0.458. The first-order valence-electron chi connectivity index (χ1n) is 7.54. The lowest BCUT2D eigenvalue weighted by molar-refractivity contribution is 0.0172. The summed E-state index contributed by atoms with van der Waals surface area (Å²) in [6.45, 7) is 7.84. The van der Waals surface area contributed by atoms with Crippen molar-refractivity contribution in [2.45, 2.75) is 39.2 Å². The van der Waals surface area contributed by atoms with Crippen LogP contribution in [0.15, 0.2) is 12.3 Å². The molecule has 1 aromatic rings. The predicted molar refractivity (Wildman–Crippen MR) is 86.1 cm³/mol. The molecule has 0 unspecified atom stereocenters. The van der Waals surface area contributed by atoms with Crippen molar-refractivity contribution in [1.29, 1.82) is 0 Å². The molecule has 2 heterocycles. The Morgan fingerprint density at radius 3 is 3.00 bits per heavy atom. The Hall–Kier alpha value is -1.56. The Morgan fingerprint density at radius 2 is 2.32 bits per heavy atom. The summed E-state index contributed by atoms with van der Waals surface area (Å²) in [5.74, 6) is 1.07. The van der Waals surface area contributed by atoms with Crippen molar-refractivity contribution in [2.75, 3.05) is 25.0 Å². The van der Waals surface area contributed by atoms with E-state index in [1.54, 1.807) is 17.2 Å². The summed E-state index contributed by atoms with van der Waals surface area (Å²) in [5.41, 5.74) is -0.458. The number of aromatic nitrogens is 2. The van der Waals surface area contributed by atoms with Crippen LogP contribution in [0.1, 0.15) is 33.6 Å². The second-order valence-electron chi connectivity index (χ2n) is 6.53. The third-order valence-electron chi connectivity index (χ3n) is 3.37. The number of nitrogens with zero attached hydrogens (tertiary/aromatic N) is 3. The van der Waals surface area contributed by atoms with Crippen LogP contribution in [0.5, 0.6) is 0 Å². The van der Waals surface area contributed by atoms with Gasteiger partial charge in [-0.15, -0.1) is 0 Å². The van der Waals surface area contributed by atoms with Gasteiger partial charge in [0.25, 0.3) is 0 Å². The van der Waals surface area contributed by atoms with Gasteiger partial charge in [0, 0.05) is 25.8 Å². The van der Waals surface area contributed by atoms with Crippen LogP contribution >= 0.6 is 11.6 Å². The molecule has 6 nitrogen and oxygen atoms in total. The van der Waals surface area contributed by atoms with E-state index in [-0.39, 0.29) is 11.4 Å². The highest BCUT2D eigenvalue weighted by atomic mass is 35.5. The number of anilines is 1. The minimum Gasteiger partial charge on any atom is -0.444 e. The summed E-state index contributed by atoms with van der Waals surface area (Å²) in [4.78, 5) is 21.9. The topological polar surface area (TPSA) is 67.3 Å². The SMILES string of the molecule is CC(C)(C)OC(=O)N1CCC[C@H](CNc2ccnc(Cl)n2)C1. The van der Waals surface area contributed by atoms with Crippen molar-refractivity contribution in [2.24, 2.45) is 5.92 Å². The number of carbonyl (C=O) groups excluding carboxylic acids is 1. The van der Waals surface area contributed by atoms with E-state index in [1.807, 2.05) is 20.8 Å². The van der Waals surface area contributed by atoms with Gasteiger partial charge < -0.3 is 15.0 Å². The van der Waals surface area contributed by atoms with Gasteiger partial charge in [0.2, 0.25) is 5.28 Å². The van der Waals surface area contributed by atoms with Crippen molar-refractivity contribution < 1.29 is 9.53 Å². The summed E-state index contributed by atoms with van der Waals surface area (Å²) in [6.07, 6.45) is 3.44. The second kappa shape index (κ2) is 7.13. The Morgan fingerprint density at radius 1 is 1.55 bits per heavy atom. The first-order chi connectivity index (χ1) is 10.3. The number of rotatable bonds is 3. The van der Waals surface area contributed by atoms with E-state index >= 15 is 0 Å². The summed E-state index contributed by atoms with van der Waals surface area (Å²) in [5, 5.41) is 3.47. The molecule has 1 aliphatic rings. The van der Waals surface area contributed by atoms with Crippen LogP contribution in [0.2, 0.25) is 5.28 Å². The van der Waals surface area contributed by atoms with Gasteiger partial charge in [-0.1, -0.05) is 0 Å². The molecule has 1 N–H and O–H groups in total. The maximum absolute atomic E-state index is 12.1. The summed E-state index contributed by atoms with van der Waals surface area (Å²) >= 11 is 5.76. The molecule has 1 aromatic heterocycles. The molecular formula is C15H23ClN4O2. The van der Waals surface area contributed by atoms with E-state index in [2.05, 4.69) is 15.3 Å². The van der Waals surface area contributed by atoms with E-state index in [0.29, 0.717) is 18.3 Å². The third-order valence-corrected chi connectivity index (χ3v) is 3.55. The summed E-state index contributed by atoms with van der Waals surface area (Å²) in [6, 6.07) is 1.78. The molecule has 0 aromatic carbocycles. The monoisotopic (exact) mass is 326 g/mol. The normalized spacial score (nSPS) is 18.9. The maximum Gasteiger partial charge on any atom is 0.410 e. The molecule has 1 fully saturated rings. The van der Waals surface area contributed by atoms with Crippen LogP contribution in [0.25, 0.3) is 0 Å². The molecule has 0 bridgehead atoms. The van der Waals surface area contributed by atoms with E-state index in [4.69, 9.17) is 16.3 Å². The Labute approximate surface area is 136 Å². The molecule has 1 amide bonds. The van der Waals surface area contributed by atoms with Crippen LogP contribution < -0.4 is 5.32 Å². The van der Waals surface area contributed by atoms with Crippen LogP contribution in [-0.2, 0) is 4.74 Å². The van der Waals surface area contributed by atoms with Crippen molar-refractivity contribution >= 4 is 23.5 Å². The molecule has 22 heavy (non-hydrogen) atoms. The number of halogens is 1. The lowest BCUT2D eigenvalue weighted by Gasteiger charge is -2.34. The standard InChI is InChI=1S/C15H23ClN4O2/c1-15(2,3)22-14(21)20-8-4-5-11(10-20)9-18-12-6-7-17-13(16)19-12/h6-7,11H,4-5,8-10H2,1-3H3,(H,17,18,19)/t11-/m1/s1. The van der Waals surface area contributed by atoms with E-state index < -0.39 is 5.60 Å². The number of carbonyl (C=O) groups is 1. The van der Waals surface area contributed by atoms with Crippen LogP contribution in [0.3, 0.4) is 0 Å². The van der Waals surface area contributed by atoms with Gasteiger partial charge in [0.05, 0.1) is 0 Å². The van der Waals surface area contributed by atoms with Crippen LogP contribution in [-0.4, -0.2) is 46.2 Å². The van der Waals surface area contributed by atoms with E-state index in [1.165, 1.54) is 0 Å². The highest BCUT2D eigenvalue weighted by molar-refractivity contribution is 6.28. The number of hydrogen-bond acceptors (Lipinski definition) is 5. The molecule has 0 spiro atoms. The van der Waals surface area contributed by atoms with E-state index in [9.17, 15) is 4.79 Å². The molecule has 0 aliphatic carbocycles. The van der Waals surface area contributed by atoms with Gasteiger partial charge in [0.15, 0.2) is 0 Å². The van der Waals surface area contributed by atoms with Crippen molar-refractivity contribution in [3.05, 3.63) is 17.5 Å². The average Bonchev–Trinajstić information content (AvgIpc) is 2.44. The Balaban J connectivity index is 1.84. The number of hydrogen-bond donors (Lipinski definition) is 1. The van der Waals surface area contributed by atoms with Crippen molar-refractivity contribution in [3.63, 3.8) is 0 Å². The number of ether oxygens (including phenoxy) is 1. The summed E-state index contributed by atoms with van der Waals surface area (Å²) in [7, 11) is 0. The molecular weight excluding hydrogens is 304 g/mol. The fourth-order valence-corrected chi connectivity index (χ4v) is 2.55. The molecule has 1 atom stereocenters. The van der Waals surface area contributed by atoms with Gasteiger partial charge in [0.1, 0.15) is 11.4 Å². The van der Waals surface area contributed by atoms with Crippen molar-refractivity contribution in [3.8, 4) is 0 Å². The van der Waals surface area contributed by atoms with Crippen LogP contribution in [0.4, 0.5) is 10.6 Å². The Kier molecular flexibility index (Phi) is 5.45. The first-order valence-corrected chi connectivity index (χ1v) is 7.91. The average molecular weight is 327 g/mol. The first kappa shape index (κ1) is 16.8.